The first-order chi connectivity index (χ1) is 9.49. The van der Waals surface area contributed by atoms with E-state index in [9.17, 15) is 13.6 Å². The fraction of sp³-hybridized carbons (Fsp3) is 0.500. The van der Waals surface area contributed by atoms with Gasteiger partial charge in [0.25, 0.3) is 5.91 Å². The number of carbonyl (C=O) groups is 1. The first-order valence-corrected chi connectivity index (χ1v) is 7.45. The van der Waals surface area contributed by atoms with Crippen molar-refractivity contribution in [2.75, 3.05) is 19.6 Å². The van der Waals surface area contributed by atoms with E-state index in [0.717, 1.165) is 38.1 Å². The lowest BCUT2D eigenvalue weighted by Gasteiger charge is -2.23. The summed E-state index contributed by atoms with van der Waals surface area (Å²) < 4.78 is 27.6. The van der Waals surface area contributed by atoms with E-state index >= 15 is 0 Å². The minimum atomic E-state index is -0.858. The van der Waals surface area contributed by atoms with Gasteiger partial charge in [-0.25, -0.2) is 8.78 Å². The van der Waals surface area contributed by atoms with Gasteiger partial charge in [0, 0.05) is 17.1 Å². The molecule has 1 N–H and O–H groups in total. The highest BCUT2D eigenvalue weighted by atomic mass is 79.9. The largest absolute Gasteiger partial charge is 0.350 e. The Hall–Kier alpha value is -1.01. The summed E-state index contributed by atoms with van der Waals surface area (Å²) in [5.41, 5.74) is -0.526. The number of nitrogens with zero attached hydrogens (tertiary/aromatic N) is 1. The minimum Gasteiger partial charge on any atom is -0.350 e. The van der Waals surface area contributed by atoms with Crippen LogP contribution < -0.4 is 5.32 Å². The Morgan fingerprint density at radius 2 is 1.90 bits per heavy atom. The predicted molar refractivity (Wildman–Crippen MR) is 76.7 cm³/mol. The predicted octanol–water partition coefficient (Wildman–Crippen LogP) is 2.94. The van der Waals surface area contributed by atoms with Crippen LogP contribution in [0.25, 0.3) is 0 Å². The number of nitrogens with one attached hydrogen (secondary N) is 1. The molecule has 1 heterocycles. The van der Waals surface area contributed by atoms with Gasteiger partial charge in [-0.2, -0.15) is 0 Å². The highest BCUT2D eigenvalue weighted by molar-refractivity contribution is 9.10. The second kappa shape index (κ2) is 6.63. The van der Waals surface area contributed by atoms with E-state index in [2.05, 4.69) is 26.1 Å². The van der Waals surface area contributed by atoms with Gasteiger partial charge >= 0.3 is 0 Å². The average Bonchev–Trinajstić information content (AvgIpc) is 2.88. The zero-order chi connectivity index (χ0) is 14.7. The van der Waals surface area contributed by atoms with Crippen molar-refractivity contribution in [1.82, 2.24) is 10.2 Å². The fourth-order valence-electron chi connectivity index (χ4n) is 2.40. The van der Waals surface area contributed by atoms with E-state index in [1.54, 1.807) is 0 Å². The Morgan fingerprint density at radius 1 is 1.35 bits per heavy atom. The molecule has 2 rings (SSSR count). The number of rotatable bonds is 4. The molecule has 1 aromatic rings. The van der Waals surface area contributed by atoms with E-state index < -0.39 is 23.1 Å². The van der Waals surface area contributed by atoms with Crippen molar-refractivity contribution in [3.05, 3.63) is 33.8 Å². The molecule has 20 heavy (non-hydrogen) atoms. The third-order valence-corrected chi connectivity index (χ3v) is 4.01. The molecule has 1 aliphatic heterocycles. The molecule has 1 fully saturated rings. The number of hydrogen-bond acceptors (Lipinski definition) is 2. The van der Waals surface area contributed by atoms with Gasteiger partial charge in [0.05, 0.1) is 0 Å². The molecule has 1 aliphatic rings. The molecule has 0 bridgehead atoms. The number of benzene rings is 1. The third kappa shape index (κ3) is 3.55. The third-order valence-electron chi connectivity index (χ3n) is 3.56. The summed E-state index contributed by atoms with van der Waals surface area (Å²) in [6, 6.07) is 2.34. The van der Waals surface area contributed by atoms with Crippen LogP contribution in [-0.4, -0.2) is 36.5 Å². The van der Waals surface area contributed by atoms with E-state index in [1.807, 2.05) is 6.92 Å². The van der Waals surface area contributed by atoms with Crippen LogP contribution in [0.5, 0.6) is 0 Å². The van der Waals surface area contributed by atoms with Crippen molar-refractivity contribution in [2.24, 2.45) is 0 Å². The molecule has 1 unspecified atom stereocenters. The van der Waals surface area contributed by atoms with Crippen LogP contribution in [0, 0.1) is 11.6 Å². The van der Waals surface area contributed by atoms with Crippen LogP contribution in [0.1, 0.15) is 30.1 Å². The molecule has 1 aromatic carbocycles. The van der Waals surface area contributed by atoms with Gasteiger partial charge in [-0.3, -0.25) is 9.69 Å². The summed E-state index contributed by atoms with van der Waals surface area (Å²) in [7, 11) is 0. The lowest BCUT2D eigenvalue weighted by Crippen LogP contribution is -2.41. The Labute approximate surface area is 125 Å². The van der Waals surface area contributed by atoms with E-state index in [-0.39, 0.29) is 10.5 Å². The Bertz CT molecular complexity index is 481. The lowest BCUT2D eigenvalue weighted by atomic mass is 10.1. The van der Waals surface area contributed by atoms with Gasteiger partial charge in [0.2, 0.25) is 0 Å². The lowest BCUT2D eigenvalue weighted by molar-refractivity contribution is 0.0932. The molecule has 110 valence electrons. The Kier molecular flexibility index (Phi) is 5.10. The molecule has 1 amide bonds. The molecule has 0 spiro atoms. The average molecular weight is 347 g/mol. The maximum absolute atomic E-state index is 13.6. The molecular weight excluding hydrogens is 330 g/mol. The highest BCUT2D eigenvalue weighted by Crippen LogP contribution is 2.19. The summed E-state index contributed by atoms with van der Waals surface area (Å²) in [5, 5.41) is 2.60. The smallest absolute Gasteiger partial charge is 0.257 e. The van der Waals surface area contributed by atoms with Crippen LogP contribution in [0.2, 0.25) is 0 Å². The number of amides is 1. The van der Waals surface area contributed by atoms with Crippen molar-refractivity contribution in [2.45, 2.75) is 25.8 Å². The summed E-state index contributed by atoms with van der Waals surface area (Å²) in [5.74, 6) is -2.43. The van der Waals surface area contributed by atoms with Crippen LogP contribution in [0.15, 0.2) is 16.6 Å². The van der Waals surface area contributed by atoms with Gasteiger partial charge in [-0.1, -0.05) is 15.9 Å². The molecule has 0 aromatic heterocycles. The molecule has 0 radical (unpaired) electrons. The molecule has 6 heteroatoms. The molecule has 1 atom stereocenters. The molecule has 1 saturated heterocycles. The summed E-state index contributed by atoms with van der Waals surface area (Å²) in [6.07, 6.45) is 2.32. The van der Waals surface area contributed by atoms with Crippen LogP contribution in [0.4, 0.5) is 8.78 Å². The van der Waals surface area contributed by atoms with Crippen molar-refractivity contribution in [3.63, 3.8) is 0 Å². The van der Waals surface area contributed by atoms with Crippen molar-refractivity contribution < 1.29 is 13.6 Å². The number of carbonyl (C=O) groups excluding carboxylic acids is 1. The highest BCUT2D eigenvalue weighted by Gasteiger charge is 2.21. The maximum Gasteiger partial charge on any atom is 0.257 e. The monoisotopic (exact) mass is 346 g/mol. The van der Waals surface area contributed by atoms with Crippen molar-refractivity contribution >= 4 is 21.8 Å². The molecule has 3 nitrogen and oxygen atoms in total. The zero-order valence-corrected chi connectivity index (χ0v) is 12.8. The Balaban J connectivity index is 1.98. The first kappa shape index (κ1) is 15.4. The summed E-state index contributed by atoms with van der Waals surface area (Å²) in [6.45, 7) is 4.41. The topological polar surface area (TPSA) is 32.3 Å². The van der Waals surface area contributed by atoms with Gasteiger partial charge in [-0.05, 0) is 45.0 Å². The van der Waals surface area contributed by atoms with E-state index in [4.69, 9.17) is 0 Å². The van der Waals surface area contributed by atoms with Crippen molar-refractivity contribution in [1.29, 1.82) is 0 Å². The number of halogens is 3. The number of likely N-dealkylation sites (tertiary alicyclic amines) is 1. The first-order valence-electron chi connectivity index (χ1n) is 6.66. The molecular formula is C14H17BrF2N2O. The van der Waals surface area contributed by atoms with Gasteiger partial charge < -0.3 is 5.32 Å². The second-order valence-corrected chi connectivity index (χ2v) is 5.96. The quantitative estimate of drug-likeness (QED) is 0.908. The minimum absolute atomic E-state index is 0.169. The van der Waals surface area contributed by atoms with E-state index in [1.165, 1.54) is 0 Å². The molecule has 0 aliphatic carbocycles. The summed E-state index contributed by atoms with van der Waals surface area (Å²) >= 11 is 2.98. The molecule has 0 saturated carbocycles. The van der Waals surface area contributed by atoms with Crippen LogP contribution in [-0.2, 0) is 0 Å². The SMILES string of the molecule is CC(CNC(=O)c1c(F)cc(Br)cc1F)N1CCCC1. The van der Waals surface area contributed by atoms with Gasteiger partial charge in [0.1, 0.15) is 17.2 Å². The summed E-state index contributed by atoms with van der Waals surface area (Å²) in [4.78, 5) is 14.2. The second-order valence-electron chi connectivity index (χ2n) is 5.05. The maximum atomic E-state index is 13.6. The van der Waals surface area contributed by atoms with Gasteiger partial charge in [-0.15, -0.1) is 0 Å². The number of hydrogen-bond donors (Lipinski definition) is 1. The van der Waals surface area contributed by atoms with Crippen LogP contribution in [0.3, 0.4) is 0 Å². The normalized spacial score (nSPS) is 17.2. The van der Waals surface area contributed by atoms with Crippen LogP contribution >= 0.6 is 15.9 Å². The zero-order valence-electron chi connectivity index (χ0n) is 11.3. The van der Waals surface area contributed by atoms with E-state index in [0.29, 0.717) is 6.54 Å². The van der Waals surface area contributed by atoms with Gasteiger partial charge in [0.15, 0.2) is 0 Å². The fourth-order valence-corrected chi connectivity index (χ4v) is 2.80. The Morgan fingerprint density at radius 3 is 2.45 bits per heavy atom. The standard InChI is InChI=1S/C14H17BrF2N2O/c1-9(19-4-2-3-5-19)8-18-14(20)13-11(16)6-10(15)7-12(13)17/h6-7,9H,2-5,8H2,1H3,(H,18,20). The van der Waals surface area contributed by atoms with Crippen molar-refractivity contribution in [3.8, 4) is 0 Å².